The van der Waals surface area contributed by atoms with Gasteiger partial charge in [0.15, 0.2) is 0 Å². The first-order valence-electron chi connectivity index (χ1n) is 8.36. The number of aromatic nitrogens is 2. The van der Waals surface area contributed by atoms with E-state index in [1.807, 2.05) is 32.0 Å². The number of nitrogens with one attached hydrogen (secondary N) is 3. The molecule has 2 aromatic carbocycles. The van der Waals surface area contributed by atoms with Crippen molar-refractivity contribution >= 4 is 23.2 Å². The molecule has 2 amide bonds. The summed E-state index contributed by atoms with van der Waals surface area (Å²) in [6, 6.07) is 12.7. The molecule has 0 unspecified atom stereocenters. The molecule has 0 aliphatic carbocycles. The van der Waals surface area contributed by atoms with Crippen LogP contribution in [0.2, 0.25) is 0 Å². The van der Waals surface area contributed by atoms with Crippen molar-refractivity contribution < 1.29 is 14.3 Å². The van der Waals surface area contributed by atoms with Gasteiger partial charge in [-0.05, 0) is 37.6 Å². The molecule has 0 spiro atoms. The van der Waals surface area contributed by atoms with Crippen molar-refractivity contribution in [2.24, 2.45) is 0 Å². The molecular weight excluding hydrogens is 344 g/mol. The summed E-state index contributed by atoms with van der Waals surface area (Å²) in [7, 11) is 1.52. The van der Waals surface area contributed by atoms with Gasteiger partial charge in [0.05, 0.1) is 24.6 Å². The molecule has 3 N–H and O–H groups in total. The predicted octanol–water partition coefficient (Wildman–Crippen LogP) is 3.54. The monoisotopic (exact) mass is 364 g/mol. The molecule has 27 heavy (non-hydrogen) atoms. The summed E-state index contributed by atoms with van der Waals surface area (Å²) < 4.78 is 5.22. The third-order valence-electron chi connectivity index (χ3n) is 4.10. The number of carbonyl (C=O) groups excluding carboxylic acids is 2. The largest absolute Gasteiger partial charge is 0.495 e. The van der Waals surface area contributed by atoms with Gasteiger partial charge in [-0.25, -0.2) is 0 Å². The van der Waals surface area contributed by atoms with E-state index in [2.05, 4.69) is 20.8 Å². The lowest BCUT2D eigenvalue weighted by Crippen LogP contribution is -2.20. The Kier molecular flexibility index (Phi) is 5.21. The molecule has 0 saturated carbocycles. The maximum absolute atomic E-state index is 12.6. The van der Waals surface area contributed by atoms with E-state index >= 15 is 0 Å². The fourth-order valence-electron chi connectivity index (χ4n) is 2.71. The molecule has 7 nitrogen and oxygen atoms in total. The van der Waals surface area contributed by atoms with Crippen LogP contribution in [0.5, 0.6) is 5.75 Å². The number of anilines is 2. The first-order valence-corrected chi connectivity index (χ1v) is 8.36. The molecule has 3 aromatic rings. The lowest BCUT2D eigenvalue weighted by molar-refractivity contribution is 0.0988. The summed E-state index contributed by atoms with van der Waals surface area (Å²) in [6.07, 6.45) is 1.33. The Balaban J connectivity index is 1.80. The molecule has 0 fully saturated rings. The summed E-state index contributed by atoms with van der Waals surface area (Å²) in [4.78, 5) is 25.3. The number of para-hydroxylation sites is 2. The summed E-state index contributed by atoms with van der Waals surface area (Å²) >= 11 is 0. The van der Waals surface area contributed by atoms with Crippen molar-refractivity contribution in [1.29, 1.82) is 0 Å². The van der Waals surface area contributed by atoms with Gasteiger partial charge >= 0.3 is 0 Å². The third-order valence-corrected chi connectivity index (χ3v) is 4.10. The van der Waals surface area contributed by atoms with E-state index < -0.39 is 11.8 Å². The van der Waals surface area contributed by atoms with E-state index in [9.17, 15) is 9.59 Å². The average Bonchev–Trinajstić information content (AvgIpc) is 3.14. The van der Waals surface area contributed by atoms with Gasteiger partial charge in [0.25, 0.3) is 11.8 Å². The smallest absolute Gasteiger partial charge is 0.274 e. The first-order chi connectivity index (χ1) is 13.0. The van der Waals surface area contributed by atoms with Gasteiger partial charge < -0.3 is 15.4 Å². The number of hydrogen-bond donors (Lipinski definition) is 3. The number of methoxy groups -OCH3 is 1. The predicted molar refractivity (Wildman–Crippen MR) is 103 cm³/mol. The van der Waals surface area contributed by atoms with Crippen LogP contribution >= 0.6 is 0 Å². The van der Waals surface area contributed by atoms with Crippen molar-refractivity contribution in [3.63, 3.8) is 0 Å². The third kappa shape index (κ3) is 3.98. The molecule has 0 atom stereocenters. The molecule has 3 rings (SSSR count). The summed E-state index contributed by atoms with van der Waals surface area (Å²) in [6.45, 7) is 3.89. The van der Waals surface area contributed by atoms with Crippen LogP contribution < -0.4 is 15.4 Å². The lowest BCUT2D eigenvalue weighted by Gasteiger charge is -2.11. The number of H-pyrrole nitrogens is 1. The molecule has 0 saturated heterocycles. The van der Waals surface area contributed by atoms with Gasteiger partial charge in [0, 0.05) is 5.69 Å². The van der Waals surface area contributed by atoms with Crippen LogP contribution in [0.25, 0.3) is 0 Å². The van der Waals surface area contributed by atoms with Crippen LogP contribution in [0.15, 0.2) is 48.7 Å². The highest BCUT2D eigenvalue weighted by Gasteiger charge is 2.21. The van der Waals surface area contributed by atoms with Crippen molar-refractivity contribution in [2.45, 2.75) is 13.8 Å². The average molecular weight is 364 g/mol. The van der Waals surface area contributed by atoms with Crippen LogP contribution in [0.4, 0.5) is 11.4 Å². The van der Waals surface area contributed by atoms with Crippen LogP contribution in [0.3, 0.4) is 0 Å². The fourth-order valence-corrected chi connectivity index (χ4v) is 2.71. The van der Waals surface area contributed by atoms with Crippen molar-refractivity contribution in [2.75, 3.05) is 17.7 Å². The van der Waals surface area contributed by atoms with Crippen molar-refractivity contribution in [3.05, 3.63) is 71.0 Å². The van der Waals surface area contributed by atoms with E-state index in [1.54, 1.807) is 24.3 Å². The van der Waals surface area contributed by atoms with Gasteiger partial charge in [0.1, 0.15) is 11.4 Å². The number of nitrogens with zero attached hydrogens (tertiary/aromatic N) is 1. The Morgan fingerprint density at radius 2 is 1.74 bits per heavy atom. The Hall–Kier alpha value is -3.61. The molecule has 1 aromatic heterocycles. The van der Waals surface area contributed by atoms with Gasteiger partial charge in [-0.2, -0.15) is 5.10 Å². The number of hydrogen-bond acceptors (Lipinski definition) is 4. The lowest BCUT2D eigenvalue weighted by atomic mass is 10.1. The second-order valence-electron chi connectivity index (χ2n) is 6.09. The van der Waals surface area contributed by atoms with E-state index in [-0.39, 0.29) is 11.3 Å². The minimum Gasteiger partial charge on any atom is -0.495 e. The second-order valence-corrected chi connectivity index (χ2v) is 6.09. The normalized spacial score (nSPS) is 10.3. The van der Waals surface area contributed by atoms with Gasteiger partial charge in [-0.1, -0.05) is 29.8 Å². The van der Waals surface area contributed by atoms with Crippen LogP contribution in [-0.2, 0) is 0 Å². The SMILES string of the molecule is COc1ccccc1NC(=O)c1[nH]ncc1C(=O)Nc1ccc(C)cc1C. The number of amides is 2. The van der Waals surface area contributed by atoms with Crippen LogP contribution in [0, 0.1) is 13.8 Å². The highest BCUT2D eigenvalue weighted by Crippen LogP contribution is 2.24. The van der Waals surface area contributed by atoms with Crippen LogP contribution in [-0.4, -0.2) is 29.1 Å². The Bertz CT molecular complexity index is 994. The molecule has 0 bridgehead atoms. The molecule has 138 valence electrons. The van der Waals surface area contributed by atoms with Crippen molar-refractivity contribution in [1.82, 2.24) is 10.2 Å². The fraction of sp³-hybridized carbons (Fsp3) is 0.150. The number of aromatic amines is 1. The van der Waals surface area contributed by atoms with E-state index in [0.717, 1.165) is 11.1 Å². The Morgan fingerprint density at radius 3 is 2.48 bits per heavy atom. The van der Waals surface area contributed by atoms with E-state index in [4.69, 9.17) is 4.74 Å². The minimum absolute atomic E-state index is 0.0724. The number of ether oxygens (including phenoxy) is 1. The molecular formula is C20H20N4O3. The standard InChI is InChI=1S/C20H20N4O3/c1-12-8-9-15(13(2)10-12)22-19(25)14-11-21-24-18(14)20(26)23-16-6-4-5-7-17(16)27-3/h4-11H,1-3H3,(H,21,24)(H,22,25)(H,23,26). The van der Waals surface area contributed by atoms with Gasteiger partial charge in [-0.15, -0.1) is 0 Å². The summed E-state index contributed by atoms with van der Waals surface area (Å²) in [5, 5.41) is 12.0. The number of benzene rings is 2. The zero-order chi connectivity index (χ0) is 19.4. The quantitative estimate of drug-likeness (QED) is 0.645. The molecule has 0 radical (unpaired) electrons. The maximum Gasteiger partial charge on any atom is 0.274 e. The van der Waals surface area contributed by atoms with Crippen molar-refractivity contribution in [3.8, 4) is 5.75 Å². The van der Waals surface area contributed by atoms with Gasteiger partial charge in [0.2, 0.25) is 0 Å². The summed E-state index contributed by atoms with van der Waals surface area (Å²) in [5.74, 6) is -0.379. The number of rotatable bonds is 5. The number of aryl methyl sites for hydroxylation is 2. The molecule has 0 aliphatic rings. The molecule has 1 heterocycles. The number of carbonyl (C=O) groups is 2. The minimum atomic E-state index is -0.484. The van der Waals surface area contributed by atoms with Gasteiger partial charge in [-0.3, -0.25) is 14.7 Å². The highest BCUT2D eigenvalue weighted by molar-refractivity contribution is 6.14. The highest BCUT2D eigenvalue weighted by atomic mass is 16.5. The Labute approximate surface area is 156 Å². The van der Waals surface area contributed by atoms with E-state index in [1.165, 1.54) is 13.3 Å². The topological polar surface area (TPSA) is 96.1 Å². The first kappa shape index (κ1) is 18.2. The Morgan fingerprint density at radius 1 is 1.00 bits per heavy atom. The zero-order valence-electron chi connectivity index (χ0n) is 15.3. The molecule has 7 heteroatoms. The molecule has 0 aliphatic heterocycles. The summed E-state index contributed by atoms with van der Waals surface area (Å²) in [5.41, 5.74) is 3.45. The zero-order valence-corrected chi connectivity index (χ0v) is 15.3. The van der Waals surface area contributed by atoms with E-state index in [0.29, 0.717) is 17.1 Å². The second kappa shape index (κ2) is 7.74. The van der Waals surface area contributed by atoms with Crippen LogP contribution in [0.1, 0.15) is 32.0 Å². The maximum atomic E-state index is 12.6.